The number of nitrogens with one attached hydrogen (secondary N) is 1. The van der Waals surface area contributed by atoms with Crippen molar-refractivity contribution in [3.05, 3.63) is 34.6 Å². The summed E-state index contributed by atoms with van der Waals surface area (Å²) in [6.07, 6.45) is 0. The van der Waals surface area contributed by atoms with Gasteiger partial charge >= 0.3 is 0 Å². The summed E-state index contributed by atoms with van der Waals surface area (Å²) in [6, 6.07) is 4.03. The summed E-state index contributed by atoms with van der Waals surface area (Å²) in [5.41, 5.74) is 0.0118. The number of nitrogens with zero attached hydrogens (tertiary/aromatic N) is 2. The molecule has 2 rings (SSSR count). The van der Waals surface area contributed by atoms with Gasteiger partial charge in [0.25, 0.3) is 5.91 Å². The van der Waals surface area contributed by atoms with Crippen LogP contribution in [0.4, 0.5) is 4.39 Å². The summed E-state index contributed by atoms with van der Waals surface area (Å²) in [7, 11) is 1.81. The topological polar surface area (TPSA) is 52.7 Å². The normalized spacial score (nSPS) is 15.7. The maximum Gasteiger partial charge on any atom is 0.256 e. The van der Waals surface area contributed by atoms with Crippen molar-refractivity contribution in [3.63, 3.8) is 0 Å². The van der Waals surface area contributed by atoms with E-state index in [1.165, 1.54) is 12.1 Å². The van der Waals surface area contributed by atoms with E-state index in [9.17, 15) is 14.0 Å². The van der Waals surface area contributed by atoms with Gasteiger partial charge in [0.2, 0.25) is 5.91 Å². The second-order valence-corrected chi connectivity index (χ2v) is 6.14. The average molecular weight is 378 g/mol. The molecule has 0 radical (unpaired) electrons. The van der Waals surface area contributed by atoms with Crippen LogP contribution in [0.15, 0.2) is 18.2 Å². The Morgan fingerprint density at radius 2 is 1.83 bits per heavy atom. The van der Waals surface area contributed by atoms with Crippen LogP contribution < -0.4 is 5.32 Å². The molecule has 1 N–H and O–H groups in total. The molecule has 0 aliphatic carbocycles. The first-order valence-corrected chi connectivity index (χ1v) is 7.99. The fraction of sp³-hybridized carbons (Fsp3) is 0.500. The van der Waals surface area contributed by atoms with Crippen LogP contribution in [0, 0.1) is 11.7 Å². The number of rotatable bonds is 4. The van der Waals surface area contributed by atoms with Gasteiger partial charge in [0.15, 0.2) is 0 Å². The minimum atomic E-state index is -0.622. The fourth-order valence-electron chi connectivity index (χ4n) is 2.67. The molecule has 5 nitrogen and oxygen atoms in total. The van der Waals surface area contributed by atoms with Crippen LogP contribution in [0.2, 0.25) is 5.02 Å². The van der Waals surface area contributed by atoms with Crippen LogP contribution in [0.25, 0.3) is 0 Å². The van der Waals surface area contributed by atoms with E-state index in [1.54, 1.807) is 16.8 Å². The first kappa shape index (κ1) is 20.7. The van der Waals surface area contributed by atoms with Gasteiger partial charge in [-0.05, 0) is 25.2 Å². The molecule has 1 heterocycles. The first-order valence-electron chi connectivity index (χ1n) is 7.61. The van der Waals surface area contributed by atoms with Crippen molar-refractivity contribution in [3.8, 4) is 0 Å². The predicted octanol–water partition coefficient (Wildman–Crippen LogP) is 2.04. The van der Waals surface area contributed by atoms with Crippen molar-refractivity contribution in [2.45, 2.75) is 6.92 Å². The van der Waals surface area contributed by atoms with E-state index in [2.05, 4.69) is 5.32 Å². The van der Waals surface area contributed by atoms with Crippen molar-refractivity contribution in [2.24, 2.45) is 5.92 Å². The standard InChI is InChI=1S/C16H21ClFN3O2.ClH/c1-11(10-19-2)15(22)20-5-7-21(8-6-20)16(23)13-4-3-12(17)9-14(13)18;/h3-4,9,11,19H,5-8,10H2,1-2H3;1H. The van der Waals surface area contributed by atoms with Crippen molar-refractivity contribution < 1.29 is 14.0 Å². The smallest absolute Gasteiger partial charge is 0.256 e. The van der Waals surface area contributed by atoms with E-state index in [1.807, 2.05) is 6.92 Å². The monoisotopic (exact) mass is 377 g/mol. The Labute approximate surface area is 152 Å². The molecule has 134 valence electrons. The van der Waals surface area contributed by atoms with Crippen LogP contribution in [0.5, 0.6) is 0 Å². The van der Waals surface area contributed by atoms with Gasteiger partial charge in [0.05, 0.1) is 5.56 Å². The SMILES string of the molecule is CNCC(C)C(=O)N1CCN(C(=O)c2ccc(Cl)cc2F)CC1.Cl. The summed E-state index contributed by atoms with van der Waals surface area (Å²) in [4.78, 5) is 27.9. The lowest BCUT2D eigenvalue weighted by Gasteiger charge is -2.36. The highest BCUT2D eigenvalue weighted by Gasteiger charge is 2.28. The lowest BCUT2D eigenvalue weighted by molar-refractivity contribution is -0.136. The van der Waals surface area contributed by atoms with E-state index in [-0.39, 0.29) is 40.7 Å². The van der Waals surface area contributed by atoms with E-state index < -0.39 is 5.82 Å². The third kappa shape index (κ3) is 4.82. The lowest BCUT2D eigenvalue weighted by atomic mass is 10.1. The van der Waals surface area contributed by atoms with Crippen LogP contribution >= 0.6 is 24.0 Å². The van der Waals surface area contributed by atoms with Gasteiger partial charge in [0.1, 0.15) is 5.82 Å². The molecule has 8 heteroatoms. The molecule has 0 spiro atoms. The number of amides is 2. The molecular formula is C16H22Cl2FN3O2. The van der Waals surface area contributed by atoms with Crippen molar-refractivity contribution in [1.82, 2.24) is 15.1 Å². The van der Waals surface area contributed by atoms with Gasteiger partial charge in [-0.1, -0.05) is 18.5 Å². The Bertz CT molecular complexity index is 593. The zero-order valence-electron chi connectivity index (χ0n) is 13.7. The summed E-state index contributed by atoms with van der Waals surface area (Å²) in [5, 5.41) is 3.24. The Kier molecular flexibility index (Phi) is 7.93. The molecule has 1 fully saturated rings. The second-order valence-electron chi connectivity index (χ2n) is 5.70. The van der Waals surface area contributed by atoms with Gasteiger partial charge in [-0.2, -0.15) is 0 Å². The van der Waals surface area contributed by atoms with Crippen LogP contribution in [-0.4, -0.2) is 61.4 Å². The molecule has 1 unspecified atom stereocenters. The predicted molar refractivity (Wildman–Crippen MR) is 94.2 cm³/mol. The van der Waals surface area contributed by atoms with Crippen LogP contribution in [-0.2, 0) is 4.79 Å². The van der Waals surface area contributed by atoms with E-state index in [4.69, 9.17) is 11.6 Å². The number of piperazine rings is 1. The second kappa shape index (κ2) is 9.20. The number of benzene rings is 1. The van der Waals surface area contributed by atoms with Crippen LogP contribution in [0.1, 0.15) is 17.3 Å². The van der Waals surface area contributed by atoms with Crippen molar-refractivity contribution in [1.29, 1.82) is 0 Å². The largest absolute Gasteiger partial charge is 0.339 e. The van der Waals surface area contributed by atoms with Crippen molar-refractivity contribution in [2.75, 3.05) is 39.8 Å². The maximum absolute atomic E-state index is 13.8. The molecule has 0 saturated carbocycles. The van der Waals surface area contributed by atoms with E-state index in [0.717, 1.165) is 6.07 Å². The zero-order chi connectivity index (χ0) is 17.0. The molecule has 0 bridgehead atoms. The molecule has 1 atom stereocenters. The number of hydrogen-bond donors (Lipinski definition) is 1. The molecule has 24 heavy (non-hydrogen) atoms. The number of hydrogen-bond acceptors (Lipinski definition) is 3. The number of carbonyl (C=O) groups is 2. The molecule has 1 aromatic rings. The summed E-state index contributed by atoms with van der Waals surface area (Å²) >= 11 is 5.70. The summed E-state index contributed by atoms with van der Waals surface area (Å²) in [6.45, 7) is 4.23. The minimum Gasteiger partial charge on any atom is -0.339 e. The number of carbonyl (C=O) groups excluding carboxylic acids is 2. The summed E-state index contributed by atoms with van der Waals surface area (Å²) < 4.78 is 13.8. The van der Waals surface area contributed by atoms with E-state index >= 15 is 0 Å². The molecule has 1 aromatic carbocycles. The third-order valence-electron chi connectivity index (χ3n) is 3.97. The molecule has 1 saturated heterocycles. The molecule has 0 aromatic heterocycles. The maximum atomic E-state index is 13.8. The minimum absolute atomic E-state index is 0. The van der Waals surface area contributed by atoms with Gasteiger partial charge in [-0.25, -0.2) is 4.39 Å². The third-order valence-corrected chi connectivity index (χ3v) is 4.21. The Hall–Kier alpha value is -1.37. The van der Waals surface area contributed by atoms with Gasteiger partial charge in [0, 0.05) is 43.7 Å². The van der Waals surface area contributed by atoms with Gasteiger partial charge in [-0.3, -0.25) is 9.59 Å². The molecule has 2 amide bonds. The van der Waals surface area contributed by atoms with Gasteiger partial charge < -0.3 is 15.1 Å². The first-order chi connectivity index (χ1) is 10.9. The Morgan fingerprint density at radius 3 is 2.38 bits per heavy atom. The highest BCUT2D eigenvalue weighted by atomic mass is 35.5. The van der Waals surface area contributed by atoms with E-state index in [0.29, 0.717) is 32.7 Å². The Morgan fingerprint density at radius 1 is 1.25 bits per heavy atom. The van der Waals surface area contributed by atoms with Crippen molar-refractivity contribution >= 4 is 35.8 Å². The highest BCUT2D eigenvalue weighted by molar-refractivity contribution is 6.30. The molecule has 1 aliphatic rings. The quantitative estimate of drug-likeness (QED) is 0.873. The lowest BCUT2D eigenvalue weighted by Crippen LogP contribution is -2.52. The summed E-state index contributed by atoms with van der Waals surface area (Å²) in [5.74, 6) is -1.02. The Balaban J connectivity index is 0.00000288. The highest BCUT2D eigenvalue weighted by Crippen LogP contribution is 2.17. The average Bonchev–Trinajstić information content (AvgIpc) is 2.54. The molecule has 1 aliphatic heterocycles. The molecular weight excluding hydrogens is 356 g/mol. The fourth-order valence-corrected chi connectivity index (χ4v) is 2.83. The van der Waals surface area contributed by atoms with Crippen LogP contribution in [0.3, 0.4) is 0 Å². The van der Waals surface area contributed by atoms with Gasteiger partial charge in [-0.15, -0.1) is 12.4 Å². The number of halogens is 3. The zero-order valence-corrected chi connectivity index (χ0v) is 15.3.